The Morgan fingerprint density at radius 1 is 1.44 bits per heavy atom. The molecule has 102 valence electrons. The van der Waals surface area contributed by atoms with Gasteiger partial charge in [0, 0.05) is 10.1 Å². The number of aliphatic hydroxyl groups excluding tert-OH is 1. The zero-order chi connectivity index (χ0) is 13.8. The van der Waals surface area contributed by atoms with Crippen LogP contribution in [0.2, 0.25) is 0 Å². The topological polar surface area (TPSA) is 138 Å². The minimum atomic E-state index is -2.53. The predicted molar refractivity (Wildman–Crippen MR) is 46.3 cm³/mol. The van der Waals surface area contributed by atoms with E-state index in [1.807, 2.05) is 0 Å². The highest BCUT2D eigenvalue weighted by Gasteiger charge is 2.46. The van der Waals surface area contributed by atoms with Gasteiger partial charge in [-0.1, -0.05) is 0 Å². The van der Waals surface area contributed by atoms with Gasteiger partial charge in [-0.05, 0) is 6.92 Å². The molecule has 18 heavy (non-hydrogen) atoms. The van der Waals surface area contributed by atoms with Gasteiger partial charge in [-0.15, -0.1) is 0 Å². The first-order valence-corrected chi connectivity index (χ1v) is 4.68. The smallest absolute Gasteiger partial charge is 0.378 e. The van der Waals surface area contributed by atoms with Crippen LogP contribution in [0.25, 0.3) is 0 Å². The van der Waals surface area contributed by atoms with E-state index in [4.69, 9.17) is 5.11 Å². The molecule has 0 amide bonds. The van der Waals surface area contributed by atoms with Gasteiger partial charge in [0.1, 0.15) is 0 Å². The number of hydrogen-bond donors (Lipinski definition) is 2. The Bertz CT molecular complexity index is 350. The molecular formula is C8H10O10. The molecule has 2 atom stereocenters. The summed E-state index contributed by atoms with van der Waals surface area (Å²) in [7, 11) is 0. The third kappa shape index (κ3) is 3.92. The molecule has 0 aromatic rings. The summed E-state index contributed by atoms with van der Waals surface area (Å²) in [5.41, 5.74) is -2.53. The fourth-order valence-corrected chi connectivity index (χ4v) is 1.12. The average molecular weight is 266 g/mol. The Hall–Kier alpha value is -1.75. The van der Waals surface area contributed by atoms with E-state index >= 15 is 0 Å². The first-order valence-electron chi connectivity index (χ1n) is 4.68. The van der Waals surface area contributed by atoms with Crippen LogP contribution in [-0.2, 0) is 39.0 Å². The summed E-state index contributed by atoms with van der Waals surface area (Å²) in [5, 5.41) is 25.9. The standard InChI is InChI=1S/C8H10O10/c1-4(9)14-5(10)2-8(13)3-6(11)15-17-18-16-7(8)12/h4,9,13H,2-3H2,1H3. The molecule has 0 spiro atoms. The highest BCUT2D eigenvalue weighted by Crippen LogP contribution is 2.21. The molecule has 1 rings (SSSR count). The Morgan fingerprint density at radius 2 is 2.06 bits per heavy atom. The van der Waals surface area contributed by atoms with Crippen LogP contribution in [0.1, 0.15) is 19.8 Å². The maximum atomic E-state index is 11.3. The molecular weight excluding hydrogens is 256 g/mol. The molecule has 0 aromatic carbocycles. The lowest BCUT2D eigenvalue weighted by Gasteiger charge is -2.23. The van der Waals surface area contributed by atoms with Gasteiger partial charge in [-0.3, -0.25) is 14.6 Å². The van der Waals surface area contributed by atoms with Gasteiger partial charge >= 0.3 is 17.9 Å². The zero-order valence-electron chi connectivity index (χ0n) is 9.15. The number of carbonyl (C=O) groups excluding carboxylic acids is 3. The third-order valence-electron chi connectivity index (χ3n) is 1.82. The average Bonchev–Trinajstić information content (AvgIpc) is 2.20. The second-order valence-electron chi connectivity index (χ2n) is 3.44. The first-order chi connectivity index (χ1) is 8.33. The number of rotatable bonds is 3. The summed E-state index contributed by atoms with van der Waals surface area (Å²) in [4.78, 5) is 41.3. The van der Waals surface area contributed by atoms with Crippen LogP contribution >= 0.6 is 0 Å². The molecule has 0 bridgehead atoms. The molecule has 0 saturated carbocycles. The summed E-state index contributed by atoms with van der Waals surface area (Å²) in [6, 6.07) is 0. The highest BCUT2D eigenvalue weighted by atomic mass is 17.7. The number of esters is 1. The van der Waals surface area contributed by atoms with Gasteiger partial charge in [0.2, 0.25) is 0 Å². The number of ether oxygens (including phenoxy) is 1. The molecule has 0 aromatic heterocycles. The fourth-order valence-electron chi connectivity index (χ4n) is 1.12. The molecule has 2 N–H and O–H groups in total. The van der Waals surface area contributed by atoms with E-state index in [-0.39, 0.29) is 0 Å². The van der Waals surface area contributed by atoms with Crippen molar-refractivity contribution in [2.75, 3.05) is 0 Å². The summed E-state index contributed by atoms with van der Waals surface area (Å²) < 4.78 is 4.30. The molecule has 1 fully saturated rings. The van der Waals surface area contributed by atoms with E-state index in [0.717, 1.165) is 6.92 Å². The number of carbonyl (C=O) groups is 3. The molecule has 1 aliphatic rings. The molecule has 0 radical (unpaired) electrons. The van der Waals surface area contributed by atoms with E-state index in [1.165, 1.54) is 0 Å². The molecule has 1 heterocycles. The number of hydrogen-bond acceptors (Lipinski definition) is 10. The Balaban J connectivity index is 2.74. The summed E-state index contributed by atoms with van der Waals surface area (Å²) in [6.07, 6.45) is -3.28. The van der Waals surface area contributed by atoms with Crippen molar-refractivity contribution in [1.29, 1.82) is 0 Å². The van der Waals surface area contributed by atoms with Gasteiger partial charge < -0.3 is 14.9 Å². The maximum absolute atomic E-state index is 11.3. The molecule has 10 heteroatoms. The monoisotopic (exact) mass is 266 g/mol. The van der Waals surface area contributed by atoms with Crippen molar-refractivity contribution in [2.45, 2.75) is 31.7 Å². The zero-order valence-corrected chi connectivity index (χ0v) is 9.15. The highest BCUT2D eigenvalue weighted by molar-refractivity contribution is 5.89. The van der Waals surface area contributed by atoms with Gasteiger partial charge in [0.25, 0.3) is 0 Å². The maximum Gasteiger partial charge on any atom is 0.378 e. The van der Waals surface area contributed by atoms with Crippen molar-refractivity contribution in [3.05, 3.63) is 0 Å². The Kier molecular flexibility index (Phi) is 4.55. The fraction of sp³-hybridized carbons (Fsp3) is 0.625. The summed E-state index contributed by atoms with van der Waals surface area (Å²) >= 11 is 0. The lowest BCUT2D eigenvalue weighted by atomic mass is 9.96. The van der Waals surface area contributed by atoms with Crippen LogP contribution < -0.4 is 0 Å². The van der Waals surface area contributed by atoms with Crippen LogP contribution in [0, 0.1) is 0 Å². The largest absolute Gasteiger partial charge is 0.436 e. The van der Waals surface area contributed by atoms with E-state index in [1.54, 1.807) is 0 Å². The minimum absolute atomic E-state index is 0.913. The van der Waals surface area contributed by atoms with E-state index in [2.05, 4.69) is 24.6 Å². The molecule has 1 saturated heterocycles. The summed E-state index contributed by atoms with van der Waals surface area (Å²) in [5.74, 6) is -3.74. The predicted octanol–water partition coefficient (Wildman–Crippen LogP) is -1.74. The van der Waals surface area contributed by atoms with Crippen LogP contribution in [0.3, 0.4) is 0 Å². The summed E-state index contributed by atoms with van der Waals surface area (Å²) in [6.45, 7) is 1.14. The van der Waals surface area contributed by atoms with Crippen LogP contribution in [-0.4, -0.2) is 40.0 Å². The van der Waals surface area contributed by atoms with Crippen LogP contribution in [0.15, 0.2) is 0 Å². The lowest BCUT2D eigenvalue weighted by molar-refractivity contribution is -0.604. The normalized spacial score (nSPS) is 26.4. The van der Waals surface area contributed by atoms with Crippen LogP contribution in [0.4, 0.5) is 0 Å². The van der Waals surface area contributed by atoms with Crippen molar-refractivity contribution in [2.24, 2.45) is 0 Å². The number of aliphatic hydroxyl groups is 2. The van der Waals surface area contributed by atoms with Crippen molar-refractivity contribution in [3.8, 4) is 0 Å². The SMILES string of the molecule is CC(O)OC(=O)CC1(O)CC(=O)OOOOC1=O. The lowest BCUT2D eigenvalue weighted by Crippen LogP contribution is -2.46. The molecule has 10 nitrogen and oxygen atoms in total. The van der Waals surface area contributed by atoms with Gasteiger partial charge in [-0.2, -0.15) is 0 Å². The Morgan fingerprint density at radius 3 is 2.67 bits per heavy atom. The molecule has 0 aliphatic carbocycles. The first kappa shape index (κ1) is 14.3. The van der Waals surface area contributed by atoms with Gasteiger partial charge in [-0.25, -0.2) is 9.59 Å². The Labute approximate surface area is 99.7 Å². The second-order valence-corrected chi connectivity index (χ2v) is 3.44. The van der Waals surface area contributed by atoms with Gasteiger partial charge in [0.05, 0.1) is 12.8 Å². The second kappa shape index (κ2) is 5.73. The van der Waals surface area contributed by atoms with Crippen molar-refractivity contribution < 1.29 is 49.2 Å². The van der Waals surface area contributed by atoms with Crippen LogP contribution in [0.5, 0.6) is 0 Å². The van der Waals surface area contributed by atoms with E-state index in [0.29, 0.717) is 0 Å². The van der Waals surface area contributed by atoms with E-state index < -0.39 is 42.6 Å². The van der Waals surface area contributed by atoms with Crippen molar-refractivity contribution in [1.82, 2.24) is 0 Å². The van der Waals surface area contributed by atoms with Crippen molar-refractivity contribution in [3.63, 3.8) is 0 Å². The molecule has 2 unspecified atom stereocenters. The van der Waals surface area contributed by atoms with Gasteiger partial charge in [0.15, 0.2) is 11.9 Å². The third-order valence-corrected chi connectivity index (χ3v) is 1.82. The van der Waals surface area contributed by atoms with E-state index in [9.17, 15) is 19.5 Å². The minimum Gasteiger partial charge on any atom is -0.436 e. The quantitative estimate of drug-likeness (QED) is 0.343. The van der Waals surface area contributed by atoms with Crippen molar-refractivity contribution >= 4 is 17.9 Å². The molecule has 1 aliphatic heterocycles.